The van der Waals surface area contributed by atoms with Crippen LogP contribution in [0.5, 0.6) is 0 Å². The fourth-order valence-corrected chi connectivity index (χ4v) is 3.46. The number of rotatable bonds is 8. The molecule has 156 valence electrons. The summed E-state index contributed by atoms with van der Waals surface area (Å²) in [6, 6.07) is 12.0. The zero-order valence-electron chi connectivity index (χ0n) is 16.7. The molecule has 1 unspecified atom stereocenters. The molecular formula is C22H25Cl3N2O2. The van der Waals surface area contributed by atoms with E-state index in [2.05, 4.69) is 5.32 Å². The zero-order chi connectivity index (χ0) is 21.6. The summed E-state index contributed by atoms with van der Waals surface area (Å²) >= 11 is 18.3. The van der Waals surface area contributed by atoms with E-state index in [-0.39, 0.29) is 30.8 Å². The molecule has 0 aliphatic rings. The average Bonchev–Trinajstić information content (AvgIpc) is 2.67. The first-order valence-corrected chi connectivity index (χ1v) is 10.6. The van der Waals surface area contributed by atoms with Crippen LogP contribution in [0.25, 0.3) is 0 Å². The van der Waals surface area contributed by atoms with Gasteiger partial charge >= 0.3 is 0 Å². The van der Waals surface area contributed by atoms with Crippen LogP contribution in [0.3, 0.4) is 0 Å². The van der Waals surface area contributed by atoms with Gasteiger partial charge in [0.05, 0.1) is 10.0 Å². The number of aryl methyl sites for hydroxylation is 1. The van der Waals surface area contributed by atoms with Gasteiger partial charge in [-0.05, 0) is 56.5 Å². The van der Waals surface area contributed by atoms with Crippen LogP contribution in [0, 0.1) is 0 Å². The lowest BCUT2D eigenvalue weighted by Gasteiger charge is -2.29. The minimum atomic E-state index is -0.634. The van der Waals surface area contributed by atoms with E-state index in [0.29, 0.717) is 21.5 Å². The Morgan fingerprint density at radius 2 is 1.66 bits per heavy atom. The predicted molar refractivity (Wildman–Crippen MR) is 120 cm³/mol. The van der Waals surface area contributed by atoms with Crippen LogP contribution < -0.4 is 5.32 Å². The number of nitrogens with zero attached hydrogens (tertiary/aromatic N) is 1. The number of hydrogen-bond donors (Lipinski definition) is 1. The maximum Gasteiger partial charge on any atom is 0.242 e. The van der Waals surface area contributed by atoms with Crippen molar-refractivity contribution in [2.24, 2.45) is 0 Å². The highest BCUT2D eigenvalue weighted by Crippen LogP contribution is 2.24. The molecule has 2 aromatic rings. The molecule has 0 spiro atoms. The molecule has 0 aliphatic heterocycles. The van der Waals surface area contributed by atoms with Crippen LogP contribution in [0.2, 0.25) is 15.1 Å². The Balaban J connectivity index is 2.20. The molecule has 0 heterocycles. The molecule has 0 fully saturated rings. The highest BCUT2D eigenvalue weighted by Gasteiger charge is 2.26. The van der Waals surface area contributed by atoms with Gasteiger partial charge in [0.1, 0.15) is 6.04 Å². The summed E-state index contributed by atoms with van der Waals surface area (Å²) in [5.41, 5.74) is 1.70. The number of benzene rings is 2. The van der Waals surface area contributed by atoms with Gasteiger partial charge < -0.3 is 10.2 Å². The summed E-state index contributed by atoms with van der Waals surface area (Å²) in [4.78, 5) is 27.2. The normalized spacial score (nSPS) is 12.0. The highest BCUT2D eigenvalue weighted by molar-refractivity contribution is 6.42. The molecule has 29 heavy (non-hydrogen) atoms. The summed E-state index contributed by atoms with van der Waals surface area (Å²) in [5.74, 6) is -0.339. The molecule has 0 bridgehead atoms. The van der Waals surface area contributed by atoms with Gasteiger partial charge in [-0.1, -0.05) is 59.1 Å². The summed E-state index contributed by atoms with van der Waals surface area (Å²) in [6.07, 6.45) is 0.735. The number of amides is 2. The Morgan fingerprint density at radius 1 is 0.966 bits per heavy atom. The smallest absolute Gasteiger partial charge is 0.242 e. The van der Waals surface area contributed by atoms with Crippen molar-refractivity contribution in [2.45, 2.75) is 52.2 Å². The number of nitrogens with one attached hydrogen (secondary N) is 1. The minimum Gasteiger partial charge on any atom is -0.352 e. The topological polar surface area (TPSA) is 49.4 Å². The second-order valence-electron chi connectivity index (χ2n) is 7.20. The maximum absolute atomic E-state index is 13.1. The second-order valence-corrected chi connectivity index (χ2v) is 8.42. The van der Waals surface area contributed by atoms with Gasteiger partial charge in [0.2, 0.25) is 11.8 Å². The summed E-state index contributed by atoms with van der Waals surface area (Å²) in [5, 5.41) is 4.34. The quantitative estimate of drug-likeness (QED) is 0.569. The zero-order valence-corrected chi connectivity index (χ0v) is 19.0. The van der Waals surface area contributed by atoms with E-state index in [9.17, 15) is 9.59 Å². The molecule has 0 saturated heterocycles. The largest absolute Gasteiger partial charge is 0.352 e. The van der Waals surface area contributed by atoms with Gasteiger partial charge in [0, 0.05) is 24.0 Å². The van der Waals surface area contributed by atoms with Crippen molar-refractivity contribution in [1.82, 2.24) is 10.2 Å². The molecule has 0 aliphatic carbocycles. The Bertz CT molecular complexity index is 871. The molecule has 0 aromatic heterocycles. The van der Waals surface area contributed by atoms with Crippen molar-refractivity contribution in [3.8, 4) is 0 Å². The maximum atomic E-state index is 13.1. The first-order valence-electron chi connectivity index (χ1n) is 9.46. The van der Waals surface area contributed by atoms with E-state index < -0.39 is 6.04 Å². The van der Waals surface area contributed by atoms with Crippen LogP contribution in [0.1, 0.15) is 38.3 Å². The fraction of sp³-hybridized carbons (Fsp3) is 0.364. The standard InChI is InChI=1S/C22H25Cl3N2O2/c1-14(2)26-22(29)15(3)27(13-16-8-10-19(24)20(25)12-16)21(28)11-9-17-6-4-5-7-18(17)23/h4-8,10,12,14-15H,9,11,13H2,1-3H3,(H,26,29). The summed E-state index contributed by atoms with van der Waals surface area (Å²) in [7, 11) is 0. The Morgan fingerprint density at radius 3 is 2.28 bits per heavy atom. The van der Waals surface area contributed by atoms with Crippen molar-refractivity contribution in [3.63, 3.8) is 0 Å². The van der Waals surface area contributed by atoms with Gasteiger partial charge in [-0.25, -0.2) is 0 Å². The SMILES string of the molecule is CC(C)NC(=O)C(C)N(Cc1ccc(Cl)c(Cl)c1)C(=O)CCc1ccccc1Cl. The fourth-order valence-electron chi connectivity index (χ4n) is 2.91. The van der Waals surface area contributed by atoms with E-state index in [1.807, 2.05) is 32.0 Å². The third-order valence-corrected chi connectivity index (χ3v) is 5.61. The number of carbonyl (C=O) groups is 2. The third kappa shape index (κ3) is 6.91. The predicted octanol–water partition coefficient (Wildman–Crippen LogP) is 5.52. The lowest BCUT2D eigenvalue weighted by molar-refractivity contribution is -0.140. The van der Waals surface area contributed by atoms with Crippen LogP contribution in [0.15, 0.2) is 42.5 Å². The van der Waals surface area contributed by atoms with E-state index in [0.717, 1.165) is 11.1 Å². The number of carbonyl (C=O) groups excluding carboxylic acids is 2. The van der Waals surface area contributed by atoms with E-state index in [4.69, 9.17) is 34.8 Å². The van der Waals surface area contributed by atoms with Gasteiger partial charge in [-0.3, -0.25) is 9.59 Å². The number of hydrogen-bond acceptors (Lipinski definition) is 2. The van der Waals surface area contributed by atoms with Crippen molar-refractivity contribution >= 4 is 46.6 Å². The van der Waals surface area contributed by atoms with Crippen molar-refractivity contribution in [3.05, 3.63) is 68.7 Å². The Hall–Kier alpha value is -1.75. The third-order valence-electron chi connectivity index (χ3n) is 4.50. The lowest BCUT2D eigenvalue weighted by Crippen LogP contribution is -2.49. The van der Waals surface area contributed by atoms with Crippen LogP contribution in [-0.2, 0) is 22.6 Å². The van der Waals surface area contributed by atoms with E-state index in [1.165, 1.54) is 0 Å². The minimum absolute atomic E-state index is 0.0185. The van der Waals surface area contributed by atoms with Crippen LogP contribution >= 0.6 is 34.8 Å². The molecular weight excluding hydrogens is 431 g/mol. The van der Waals surface area contributed by atoms with Crippen LogP contribution in [0.4, 0.5) is 0 Å². The molecule has 0 saturated carbocycles. The van der Waals surface area contributed by atoms with E-state index >= 15 is 0 Å². The molecule has 1 atom stereocenters. The summed E-state index contributed by atoms with van der Waals surface area (Å²) < 4.78 is 0. The molecule has 2 rings (SSSR count). The van der Waals surface area contributed by atoms with Gasteiger partial charge in [-0.15, -0.1) is 0 Å². The Kier molecular flexibility index (Phi) is 8.81. The first-order chi connectivity index (χ1) is 13.7. The molecule has 2 amide bonds. The van der Waals surface area contributed by atoms with Gasteiger partial charge in [0.15, 0.2) is 0 Å². The first kappa shape index (κ1) is 23.5. The van der Waals surface area contributed by atoms with Gasteiger partial charge in [0.25, 0.3) is 0 Å². The van der Waals surface area contributed by atoms with Crippen LogP contribution in [-0.4, -0.2) is 28.8 Å². The van der Waals surface area contributed by atoms with Gasteiger partial charge in [-0.2, -0.15) is 0 Å². The molecule has 2 aromatic carbocycles. The molecule has 1 N–H and O–H groups in total. The van der Waals surface area contributed by atoms with Crippen molar-refractivity contribution < 1.29 is 9.59 Å². The highest BCUT2D eigenvalue weighted by atomic mass is 35.5. The lowest BCUT2D eigenvalue weighted by atomic mass is 10.1. The molecule has 4 nitrogen and oxygen atoms in total. The monoisotopic (exact) mass is 454 g/mol. The number of halogens is 3. The molecule has 0 radical (unpaired) electrons. The van der Waals surface area contributed by atoms with E-state index in [1.54, 1.807) is 36.1 Å². The Labute approximate surface area is 187 Å². The molecule has 7 heteroatoms. The van der Waals surface area contributed by atoms with Crippen molar-refractivity contribution in [1.29, 1.82) is 0 Å². The average molecular weight is 456 g/mol. The van der Waals surface area contributed by atoms with Crippen molar-refractivity contribution in [2.75, 3.05) is 0 Å². The second kappa shape index (κ2) is 10.9. The summed E-state index contributed by atoms with van der Waals surface area (Å²) in [6.45, 7) is 5.74.